The molecule has 0 aromatic heterocycles. The van der Waals surface area contributed by atoms with Gasteiger partial charge in [-0.15, -0.1) is 0 Å². The fraction of sp³-hybridized carbons (Fsp3) is 0.167. The molecule has 0 atom stereocenters. The van der Waals surface area contributed by atoms with Gasteiger partial charge in [0.1, 0.15) is 0 Å². The average molecular weight is 345 g/mol. The van der Waals surface area contributed by atoms with Crippen LogP contribution in [0.5, 0.6) is 0 Å². The second-order valence-corrected chi connectivity index (χ2v) is 5.54. The van der Waals surface area contributed by atoms with E-state index in [2.05, 4.69) is 10.6 Å². The van der Waals surface area contributed by atoms with Crippen LogP contribution in [0.3, 0.4) is 0 Å². The third-order valence-corrected chi connectivity index (χ3v) is 3.63. The van der Waals surface area contributed by atoms with E-state index < -0.39 is 0 Å². The van der Waals surface area contributed by atoms with Crippen molar-refractivity contribution in [2.45, 2.75) is 12.8 Å². The highest BCUT2D eigenvalue weighted by atomic mass is 35.5. The normalized spacial score (nSPS) is 10.1. The van der Waals surface area contributed by atoms with Crippen LogP contribution in [-0.2, 0) is 4.79 Å². The fourth-order valence-electron chi connectivity index (χ4n) is 2.17. The quantitative estimate of drug-likeness (QED) is 0.789. The molecule has 5 nitrogen and oxygen atoms in total. The van der Waals surface area contributed by atoms with Crippen LogP contribution in [0.2, 0.25) is 5.02 Å². The van der Waals surface area contributed by atoms with Crippen LogP contribution in [-0.4, -0.2) is 24.6 Å². The van der Waals surface area contributed by atoms with Crippen molar-refractivity contribution < 1.29 is 14.4 Å². The molecule has 0 aliphatic carbocycles. The highest BCUT2D eigenvalue weighted by Crippen LogP contribution is 2.16. The number of anilines is 1. The Morgan fingerprint density at radius 2 is 1.75 bits per heavy atom. The van der Waals surface area contributed by atoms with Gasteiger partial charge in [-0.1, -0.05) is 35.9 Å². The van der Waals surface area contributed by atoms with Crippen molar-refractivity contribution in [3.63, 3.8) is 0 Å². The van der Waals surface area contributed by atoms with Crippen molar-refractivity contribution in [1.82, 2.24) is 5.32 Å². The van der Waals surface area contributed by atoms with Crippen LogP contribution in [0.1, 0.15) is 33.6 Å². The summed E-state index contributed by atoms with van der Waals surface area (Å²) in [5.74, 6) is -0.783. The lowest BCUT2D eigenvalue weighted by atomic mass is 10.1. The summed E-state index contributed by atoms with van der Waals surface area (Å²) in [6.45, 7) is 0. The van der Waals surface area contributed by atoms with E-state index in [1.165, 1.54) is 7.05 Å². The Bertz CT molecular complexity index is 774. The maximum atomic E-state index is 12.1. The van der Waals surface area contributed by atoms with Gasteiger partial charge in [0.25, 0.3) is 5.91 Å². The molecule has 124 valence electrons. The third kappa shape index (κ3) is 4.67. The van der Waals surface area contributed by atoms with Gasteiger partial charge in [-0.3, -0.25) is 14.4 Å². The molecule has 0 bridgehead atoms. The average Bonchev–Trinajstić information content (AvgIpc) is 2.59. The molecule has 0 saturated carbocycles. The maximum absolute atomic E-state index is 12.1. The number of carbonyl (C=O) groups is 3. The molecule has 0 aliphatic rings. The van der Waals surface area contributed by atoms with E-state index in [9.17, 15) is 14.4 Å². The standard InChI is InChI=1S/C18H17ClN2O3/c1-20-18(24)14-7-2-3-8-15(14)21-17(23)10-9-16(22)12-5-4-6-13(19)11-12/h2-8,11H,9-10H2,1H3,(H,20,24)(H,21,23). The van der Waals surface area contributed by atoms with E-state index in [1.807, 2.05) is 0 Å². The van der Waals surface area contributed by atoms with Gasteiger partial charge >= 0.3 is 0 Å². The predicted molar refractivity (Wildman–Crippen MR) is 93.5 cm³/mol. The van der Waals surface area contributed by atoms with E-state index in [0.717, 1.165) is 0 Å². The largest absolute Gasteiger partial charge is 0.355 e. The molecule has 24 heavy (non-hydrogen) atoms. The predicted octanol–water partition coefficient (Wildman–Crippen LogP) is 3.30. The molecule has 0 unspecified atom stereocenters. The lowest BCUT2D eigenvalue weighted by Gasteiger charge is -2.10. The molecule has 0 saturated heterocycles. The van der Waals surface area contributed by atoms with Crippen LogP contribution >= 0.6 is 11.6 Å². The molecule has 6 heteroatoms. The summed E-state index contributed by atoms with van der Waals surface area (Å²) in [7, 11) is 1.52. The van der Waals surface area contributed by atoms with Crippen molar-refractivity contribution in [2.24, 2.45) is 0 Å². The van der Waals surface area contributed by atoms with Gasteiger partial charge in [0.05, 0.1) is 11.3 Å². The molecule has 0 radical (unpaired) electrons. The Morgan fingerprint density at radius 1 is 1.00 bits per heavy atom. The summed E-state index contributed by atoms with van der Waals surface area (Å²) in [6.07, 6.45) is 0.0851. The minimum atomic E-state index is -0.332. The summed E-state index contributed by atoms with van der Waals surface area (Å²) in [5.41, 5.74) is 1.26. The minimum Gasteiger partial charge on any atom is -0.355 e. The number of ketones is 1. The van der Waals surface area contributed by atoms with Crippen LogP contribution in [0, 0.1) is 0 Å². The first-order valence-electron chi connectivity index (χ1n) is 7.41. The topological polar surface area (TPSA) is 75.3 Å². The summed E-state index contributed by atoms with van der Waals surface area (Å²) >= 11 is 5.85. The summed E-state index contributed by atoms with van der Waals surface area (Å²) in [6, 6.07) is 13.3. The Balaban J connectivity index is 1.97. The number of halogens is 1. The van der Waals surface area contributed by atoms with Crippen LogP contribution in [0.4, 0.5) is 5.69 Å². The highest BCUT2D eigenvalue weighted by molar-refractivity contribution is 6.31. The summed E-state index contributed by atoms with van der Waals surface area (Å²) in [4.78, 5) is 35.9. The van der Waals surface area contributed by atoms with E-state index in [4.69, 9.17) is 11.6 Å². The molecule has 2 aromatic rings. The SMILES string of the molecule is CNC(=O)c1ccccc1NC(=O)CCC(=O)c1cccc(Cl)c1. The van der Waals surface area contributed by atoms with Gasteiger partial charge in [0.15, 0.2) is 5.78 Å². The van der Waals surface area contributed by atoms with Crippen molar-refractivity contribution in [3.8, 4) is 0 Å². The molecule has 0 aliphatic heterocycles. The number of hydrogen-bond acceptors (Lipinski definition) is 3. The van der Waals surface area contributed by atoms with Crippen molar-refractivity contribution >= 4 is 34.9 Å². The zero-order valence-electron chi connectivity index (χ0n) is 13.1. The zero-order valence-corrected chi connectivity index (χ0v) is 13.9. The monoisotopic (exact) mass is 344 g/mol. The van der Waals surface area contributed by atoms with Crippen molar-refractivity contribution in [3.05, 3.63) is 64.7 Å². The first-order chi connectivity index (χ1) is 11.5. The molecule has 0 fully saturated rings. The molecule has 0 spiro atoms. The maximum Gasteiger partial charge on any atom is 0.253 e. The number of para-hydroxylation sites is 1. The molecule has 2 N–H and O–H groups in total. The number of rotatable bonds is 6. The van der Waals surface area contributed by atoms with Gasteiger partial charge in [0.2, 0.25) is 5.91 Å². The zero-order chi connectivity index (χ0) is 17.5. The first-order valence-corrected chi connectivity index (χ1v) is 7.79. The second-order valence-electron chi connectivity index (χ2n) is 5.11. The molecule has 2 rings (SSSR count). The number of Topliss-reactive ketones (excluding diaryl/α,β-unsaturated/α-hetero) is 1. The minimum absolute atomic E-state index is 0.0213. The number of carbonyl (C=O) groups excluding carboxylic acids is 3. The van der Waals surface area contributed by atoms with Gasteiger partial charge in [0, 0.05) is 30.5 Å². The van der Waals surface area contributed by atoms with E-state index in [-0.39, 0.29) is 30.4 Å². The van der Waals surface area contributed by atoms with E-state index in [1.54, 1.807) is 48.5 Å². The van der Waals surface area contributed by atoms with E-state index in [0.29, 0.717) is 21.8 Å². The summed E-state index contributed by atoms with van der Waals surface area (Å²) < 4.78 is 0. The fourth-order valence-corrected chi connectivity index (χ4v) is 2.36. The lowest BCUT2D eigenvalue weighted by Crippen LogP contribution is -2.21. The van der Waals surface area contributed by atoms with Crippen molar-refractivity contribution in [2.75, 3.05) is 12.4 Å². The van der Waals surface area contributed by atoms with Gasteiger partial charge < -0.3 is 10.6 Å². The Kier molecular flexibility index (Phi) is 6.09. The smallest absolute Gasteiger partial charge is 0.253 e. The second kappa shape index (κ2) is 8.26. The van der Waals surface area contributed by atoms with Crippen LogP contribution in [0.25, 0.3) is 0 Å². The number of hydrogen-bond donors (Lipinski definition) is 2. The van der Waals surface area contributed by atoms with Gasteiger partial charge in [-0.05, 0) is 24.3 Å². The number of benzene rings is 2. The van der Waals surface area contributed by atoms with Crippen LogP contribution < -0.4 is 10.6 Å². The van der Waals surface area contributed by atoms with Crippen molar-refractivity contribution in [1.29, 1.82) is 0 Å². The molecule has 0 heterocycles. The number of nitrogens with one attached hydrogen (secondary N) is 2. The number of amides is 2. The van der Waals surface area contributed by atoms with E-state index >= 15 is 0 Å². The molecular formula is C18H17ClN2O3. The Hall–Kier alpha value is -2.66. The van der Waals surface area contributed by atoms with Gasteiger partial charge in [-0.25, -0.2) is 0 Å². The van der Waals surface area contributed by atoms with Gasteiger partial charge in [-0.2, -0.15) is 0 Å². The van der Waals surface area contributed by atoms with Crippen LogP contribution in [0.15, 0.2) is 48.5 Å². The molecule has 2 aromatic carbocycles. The Morgan fingerprint density at radius 3 is 2.46 bits per heavy atom. The lowest BCUT2D eigenvalue weighted by molar-refractivity contribution is -0.116. The third-order valence-electron chi connectivity index (χ3n) is 3.40. The summed E-state index contributed by atoms with van der Waals surface area (Å²) in [5, 5.41) is 5.66. The first kappa shape index (κ1) is 17.7. The molecular weight excluding hydrogens is 328 g/mol. The highest BCUT2D eigenvalue weighted by Gasteiger charge is 2.13. The molecule has 2 amide bonds. The Labute approximate surface area is 145 Å².